The molecule has 0 saturated carbocycles. The zero-order valence-electron chi connectivity index (χ0n) is 24.8. The summed E-state index contributed by atoms with van der Waals surface area (Å²) in [5, 5.41) is 7.16. The highest BCUT2D eigenvalue weighted by atomic mass is 35.5. The molecule has 0 atom stereocenters. The van der Waals surface area contributed by atoms with Crippen molar-refractivity contribution in [2.24, 2.45) is 0 Å². The Hall–Kier alpha value is -4.02. The molecule has 2 amide bonds. The summed E-state index contributed by atoms with van der Waals surface area (Å²) >= 11 is 14.0. The lowest BCUT2D eigenvalue weighted by Gasteiger charge is -2.26. The summed E-state index contributed by atoms with van der Waals surface area (Å²) in [6.45, 7) is 3.14. The number of carbonyl (C=O) groups is 2. The van der Waals surface area contributed by atoms with E-state index in [4.69, 9.17) is 27.9 Å². The average Bonchev–Trinajstić information content (AvgIpc) is 3.65. The summed E-state index contributed by atoms with van der Waals surface area (Å²) in [7, 11) is 1.49. The van der Waals surface area contributed by atoms with E-state index < -0.39 is 23.7 Å². The second kappa shape index (κ2) is 14.2. The van der Waals surface area contributed by atoms with Crippen molar-refractivity contribution in [2.45, 2.75) is 32.4 Å². The highest BCUT2D eigenvalue weighted by molar-refractivity contribution is 7.16. The number of carbonyl (C=O) groups excluding carboxylic acids is 2. The lowest BCUT2D eigenvalue weighted by Crippen LogP contribution is -2.45. The molecule has 2 aromatic carbocycles. The Morgan fingerprint density at radius 1 is 1.04 bits per heavy atom. The molecule has 14 heteroatoms. The zero-order chi connectivity index (χ0) is 33.0. The lowest BCUT2D eigenvalue weighted by molar-refractivity contribution is -0.137. The maximum absolute atomic E-state index is 13.8. The van der Waals surface area contributed by atoms with E-state index in [9.17, 15) is 22.8 Å². The number of anilines is 1. The number of alkyl halides is 3. The van der Waals surface area contributed by atoms with Gasteiger partial charge in [-0.2, -0.15) is 18.3 Å². The monoisotopic (exact) mass is 689 g/mol. The Morgan fingerprint density at radius 3 is 2.41 bits per heavy atom. The number of hydrazine groups is 1. The summed E-state index contributed by atoms with van der Waals surface area (Å²) in [4.78, 5) is 29.3. The van der Waals surface area contributed by atoms with Crippen LogP contribution in [0, 0.1) is 11.8 Å². The summed E-state index contributed by atoms with van der Waals surface area (Å²) < 4.78 is 45.7. The molecule has 0 spiro atoms. The van der Waals surface area contributed by atoms with Gasteiger partial charge in [-0.3, -0.25) is 15.1 Å². The highest BCUT2D eigenvalue weighted by Gasteiger charge is 2.33. The van der Waals surface area contributed by atoms with Crippen molar-refractivity contribution in [3.05, 3.63) is 86.3 Å². The van der Waals surface area contributed by atoms with Crippen LogP contribution >= 0.6 is 34.5 Å². The third-order valence-electron chi connectivity index (χ3n) is 7.09. The summed E-state index contributed by atoms with van der Waals surface area (Å²) in [5.41, 5.74) is 3.49. The number of aromatic nitrogens is 2. The molecule has 46 heavy (non-hydrogen) atoms. The topological polar surface area (TPSA) is 79.7 Å². The number of amides is 2. The molecule has 8 nitrogen and oxygen atoms in total. The minimum Gasteiger partial charge on any atom is -0.449 e. The number of hydrogen-bond donors (Lipinski definition) is 1. The van der Waals surface area contributed by atoms with Gasteiger partial charge in [0.05, 0.1) is 32.6 Å². The number of thiophene rings is 1. The van der Waals surface area contributed by atoms with Crippen LogP contribution in [0.2, 0.25) is 10.0 Å². The van der Waals surface area contributed by atoms with Crippen LogP contribution in [0.25, 0.3) is 16.3 Å². The minimum atomic E-state index is -4.44. The molecule has 4 aromatic rings. The van der Waals surface area contributed by atoms with Crippen LogP contribution in [-0.4, -0.2) is 53.5 Å². The van der Waals surface area contributed by atoms with Gasteiger partial charge in [-0.15, -0.1) is 11.3 Å². The molecular weight excluding hydrogens is 662 g/mol. The van der Waals surface area contributed by atoms with E-state index in [1.165, 1.54) is 40.1 Å². The molecule has 0 unspecified atom stereocenters. The average molecular weight is 691 g/mol. The Kier molecular flexibility index (Phi) is 10.3. The SMILES string of the molecule is CCOC(=O)N(C)c1c(C(=O)NN2CCCCC2)nn(-c2ccc(Cl)cc2Cl)c1-c1ccc(C#Cc2ccc(C(F)(F)F)cc2)s1. The highest BCUT2D eigenvalue weighted by Crippen LogP contribution is 2.41. The van der Waals surface area contributed by atoms with Crippen LogP contribution in [0.1, 0.15) is 52.7 Å². The van der Waals surface area contributed by atoms with Gasteiger partial charge < -0.3 is 4.74 Å². The van der Waals surface area contributed by atoms with E-state index in [2.05, 4.69) is 22.4 Å². The van der Waals surface area contributed by atoms with E-state index in [1.807, 2.05) is 5.01 Å². The molecule has 5 rings (SSSR count). The molecule has 1 saturated heterocycles. The van der Waals surface area contributed by atoms with E-state index >= 15 is 0 Å². The third kappa shape index (κ3) is 7.50. The summed E-state index contributed by atoms with van der Waals surface area (Å²) in [5.74, 6) is 5.36. The van der Waals surface area contributed by atoms with Crippen molar-refractivity contribution < 1.29 is 27.5 Å². The van der Waals surface area contributed by atoms with Crippen molar-refractivity contribution in [1.82, 2.24) is 20.2 Å². The van der Waals surface area contributed by atoms with Crippen molar-refractivity contribution in [2.75, 3.05) is 31.6 Å². The van der Waals surface area contributed by atoms with Crippen LogP contribution in [0.3, 0.4) is 0 Å². The second-order valence-corrected chi connectivity index (χ2v) is 12.2. The fraction of sp³-hybridized carbons (Fsp3) is 0.281. The van der Waals surface area contributed by atoms with E-state index in [-0.39, 0.29) is 23.0 Å². The molecule has 0 bridgehead atoms. The second-order valence-electron chi connectivity index (χ2n) is 10.3. The number of rotatable bonds is 6. The van der Waals surface area contributed by atoms with Crippen molar-refractivity contribution in [3.63, 3.8) is 0 Å². The first-order valence-electron chi connectivity index (χ1n) is 14.3. The zero-order valence-corrected chi connectivity index (χ0v) is 27.1. The Labute approximate surface area is 277 Å². The van der Waals surface area contributed by atoms with Gasteiger partial charge in [-0.25, -0.2) is 14.5 Å². The number of piperidine rings is 1. The molecule has 240 valence electrons. The molecule has 2 aromatic heterocycles. The van der Waals surface area contributed by atoms with Gasteiger partial charge in [0.2, 0.25) is 0 Å². The predicted molar refractivity (Wildman–Crippen MR) is 173 cm³/mol. The number of hydrogen-bond acceptors (Lipinski definition) is 6. The van der Waals surface area contributed by atoms with E-state index in [0.717, 1.165) is 31.4 Å². The summed E-state index contributed by atoms with van der Waals surface area (Å²) in [6.07, 6.45) is -2.21. The van der Waals surface area contributed by atoms with Crippen molar-refractivity contribution in [3.8, 4) is 28.1 Å². The molecular formula is C32H28Cl2F3N5O3S. The van der Waals surface area contributed by atoms with Gasteiger partial charge in [0, 0.05) is 30.7 Å². The van der Waals surface area contributed by atoms with Gasteiger partial charge in [0.1, 0.15) is 11.4 Å². The Balaban J connectivity index is 1.63. The number of nitrogens with zero attached hydrogens (tertiary/aromatic N) is 4. The smallest absolute Gasteiger partial charge is 0.416 e. The van der Waals surface area contributed by atoms with Crippen LogP contribution in [0.5, 0.6) is 0 Å². The van der Waals surface area contributed by atoms with E-state index in [0.29, 0.717) is 44.8 Å². The van der Waals surface area contributed by atoms with Gasteiger partial charge >= 0.3 is 12.3 Å². The molecule has 1 N–H and O–H groups in total. The maximum Gasteiger partial charge on any atom is 0.416 e. The third-order valence-corrected chi connectivity index (χ3v) is 8.63. The molecule has 1 aliphatic heterocycles. The standard InChI is InChI=1S/C32H28Cl2F3N5O3S/c1-3-45-31(44)40(2)29-27(30(43)39-41-17-5-4-6-18-41)38-42(25-15-12-22(33)19-24(25)34)28(29)26-16-14-23(46-26)13-9-20-7-10-21(11-8-20)32(35,36)37/h7-8,10-12,14-16,19H,3-6,17-18H2,1-2H3,(H,39,43). The Morgan fingerprint density at radius 2 is 1.76 bits per heavy atom. The molecule has 0 radical (unpaired) electrons. The number of benzene rings is 2. The van der Waals surface area contributed by atoms with Gasteiger partial charge in [-0.05, 0) is 74.4 Å². The first-order chi connectivity index (χ1) is 22.0. The largest absolute Gasteiger partial charge is 0.449 e. The Bertz CT molecular complexity index is 1810. The quantitative estimate of drug-likeness (QED) is 0.207. The van der Waals surface area contributed by atoms with Gasteiger partial charge in [-0.1, -0.05) is 41.5 Å². The molecule has 0 aliphatic carbocycles. The van der Waals surface area contributed by atoms with Crippen LogP contribution in [0.15, 0.2) is 54.6 Å². The van der Waals surface area contributed by atoms with Gasteiger partial charge in [0.25, 0.3) is 5.91 Å². The van der Waals surface area contributed by atoms with Crippen molar-refractivity contribution in [1.29, 1.82) is 0 Å². The molecule has 1 aliphatic rings. The predicted octanol–water partition coefficient (Wildman–Crippen LogP) is 8.05. The number of ether oxygens (including phenoxy) is 1. The maximum atomic E-state index is 13.8. The fourth-order valence-electron chi connectivity index (χ4n) is 4.85. The normalized spacial score (nSPS) is 13.5. The van der Waals surface area contributed by atoms with Crippen molar-refractivity contribution >= 4 is 52.2 Å². The number of nitrogens with one attached hydrogen (secondary N) is 1. The fourth-order valence-corrected chi connectivity index (χ4v) is 6.23. The van der Waals surface area contributed by atoms with Crippen LogP contribution < -0.4 is 10.3 Å². The summed E-state index contributed by atoms with van der Waals surface area (Å²) in [6, 6.07) is 12.9. The molecule has 3 heterocycles. The van der Waals surface area contributed by atoms with Crippen LogP contribution in [-0.2, 0) is 10.9 Å². The van der Waals surface area contributed by atoms with Crippen LogP contribution in [0.4, 0.5) is 23.7 Å². The number of halogens is 5. The lowest BCUT2D eigenvalue weighted by atomic mass is 10.1. The first kappa shape index (κ1) is 33.3. The van der Waals surface area contributed by atoms with Gasteiger partial charge in [0.15, 0.2) is 5.69 Å². The first-order valence-corrected chi connectivity index (χ1v) is 15.9. The van der Waals surface area contributed by atoms with E-state index in [1.54, 1.807) is 37.3 Å². The minimum absolute atomic E-state index is 0.0343. The molecule has 1 fully saturated rings.